The van der Waals surface area contributed by atoms with Crippen molar-refractivity contribution >= 4 is 40.4 Å². The quantitative estimate of drug-likeness (QED) is 0.577. The summed E-state index contributed by atoms with van der Waals surface area (Å²) in [4.78, 5) is 0. The maximum Gasteiger partial charge on any atom is 0.121 e. The molecule has 0 saturated carbocycles. The highest BCUT2D eigenvalue weighted by Gasteiger charge is 1.98. The normalized spacial score (nSPS) is 10.8. The van der Waals surface area contributed by atoms with Gasteiger partial charge in [-0.25, -0.2) is 0 Å². The molecule has 0 aliphatic rings. The van der Waals surface area contributed by atoms with Gasteiger partial charge in [0.2, 0.25) is 0 Å². The Bertz CT molecular complexity index is 609. The van der Waals surface area contributed by atoms with Crippen LogP contribution in [0.5, 0.6) is 5.75 Å². The highest BCUT2D eigenvalue weighted by atomic mass is 127. The summed E-state index contributed by atoms with van der Waals surface area (Å²) in [5, 5.41) is 11.9. The van der Waals surface area contributed by atoms with Crippen LogP contribution >= 0.6 is 22.6 Å². The van der Waals surface area contributed by atoms with Crippen LogP contribution in [0.1, 0.15) is 11.1 Å². The van der Waals surface area contributed by atoms with Crippen molar-refractivity contribution in [3.8, 4) is 5.75 Å². The van der Waals surface area contributed by atoms with Gasteiger partial charge in [-0.3, -0.25) is 0 Å². The topological polar surface area (TPSA) is 41.5 Å². The molecule has 0 fully saturated rings. The number of ether oxygens (including phenoxy) is 1. The van der Waals surface area contributed by atoms with E-state index in [-0.39, 0.29) is 6.61 Å². The Morgan fingerprint density at radius 1 is 1.10 bits per heavy atom. The van der Waals surface area contributed by atoms with E-state index in [1.807, 2.05) is 31.3 Å². The predicted octanol–water partition coefficient (Wildman–Crippen LogP) is 3.87. The first-order valence-electron chi connectivity index (χ1n) is 6.71. The Morgan fingerprint density at radius 3 is 2.48 bits per heavy atom. The minimum absolute atomic E-state index is 0.0223. The third-order valence-electron chi connectivity index (χ3n) is 2.92. The van der Waals surface area contributed by atoms with Crippen LogP contribution in [0.4, 0.5) is 5.69 Å². The molecule has 2 aromatic rings. The lowest BCUT2D eigenvalue weighted by atomic mass is 10.1. The van der Waals surface area contributed by atoms with Crippen molar-refractivity contribution in [1.82, 2.24) is 0 Å². The van der Waals surface area contributed by atoms with Gasteiger partial charge in [0.15, 0.2) is 0 Å². The van der Waals surface area contributed by atoms with E-state index >= 15 is 0 Å². The largest absolute Gasteiger partial charge is 0.491 e. The molecule has 2 aromatic carbocycles. The number of nitrogens with one attached hydrogen (secondary N) is 1. The number of aliphatic hydroxyl groups is 1. The Hall–Kier alpha value is -1.53. The molecular weight excluding hydrogens is 377 g/mol. The Kier molecular flexibility index (Phi) is 6.07. The zero-order valence-electron chi connectivity index (χ0n) is 11.8. The number of hydrogen-bond acceptors (Lipinski definition) is 3. The summed E-state index contributed by atoms with van der Waals surface area (Å²) in [6.45, 7) is 0.336. The Labute approximate surface area is 138 Å². The van der Waals surface area contributed by atoms with Crippen molar-refractivity contribution in [1.29, 1.82) is 0 Å². The second kappa shape index (κ2) is 8.05. The molecule has 0 radical (unpaired) electrons. The molecule has 0 saturated heterocycles. The molecule has 0 aliphatic carbocycles. The van der Waals surface area contributed by atoms with Crippen LogP contribution in [-0.4, -0.2) is 25.4 Å². The van der Waals surface area contributed by atoms with Gasteiger partial charge in [-0.1, -0.05) is 24.3 Å². The van der Waals surface area contributed by atoms with E-state index in [1.165, 1.54) is 0 Å². The zero-order valence-corrected chi connectivity index (χ0v) is 14.0. The van der Waals surface area contributed by atoms with E-state index in [0.29, 0.717) is 6.61 Å². The number of halogens is 1. The summed E-state index contributed by atoms with van der Waals surface area (Å²) in [5.74, 6) is 0.779. The molecule has 21 heavy (non-hydrogen) atoms. The molecule has 0 aliphatic heterocycles. The first-order chi connectivity index (χ1) is 10.2. The van der Waals surface area contributed by atoms with E-state index in [9.17, 15) is 0 Å². The van der Waals surface area contributed by atoms with Crippen molar-refractivity contribution in [3.63, 3.8) is 0 Å². The van der Waals surface area contributed by atoms with Crippen molar-refractivity contribution in [2.45, 2.75) is 0 Å². The molecule has 4 heteroatoms. The van der Waals surface area contributed by atoms with Gasteiger partial charge < -0.3 is 15.2 Å². The summed E-state index contributed by atoms with van der Waals surface area (Å²) in [5.41, 5.74) is 3.32. The van der Waals surface area contributed by atoms with Crippen LogP contribution in [-0.2, 0) is 0 Å². The van der Waals surface area contributed by atoms with Gasteiger partial charge in [0.05, 0.1) is 6.61 Å². The lowest BCUT2D eigenvalue weighted by molar-refractivity contribution is 0.201. The number of hydrogen-bond donors (Lipinski definition) is 2. The molecule has 0 aromatic heterocycles. The van der Waals surface area contributed by atoms with Crippen LogP contribution in [0.2, 0.25) is 0 Å². The molecule has 0 amide bonds. The molecule has 0 unspecified atom stereocenters. The first-order valence-corrected chi connectivity index (χ1v) is 7.79. The maximum atomic E-state index is 8.81. The predicted molar refractivity (Wildman–Crippen MR) is 96.7 cm³/mol. The van der Waals surface area contributed by atoms with Crippen LogP contribution in [0.15, 0.2) is 42.5 Å². The zero-order chi connectivity index (χ0) is 15.1. The lowest BCUT2D eigenvalue weighted by Crippen LogP contribution is -2.01. The minimum atomic E-state index is 0.0223. The van der Waals surface area contributed by atoms with E-state index in [0.717, 1.165) is 26.1 Å². The molecule has 0 spiro atoms. The third-order valence-corrected chi connectivity index (χ3v) is 3.54. The first kappa shape index (κ1) is 15.9. The van der Waals surface area contributed by atoms with Crippen molar-refractivity contribution < 1.29 is 9.84 Å². The van der Waals surface area contributed by atoms with E-state index in [4.69, 9.17) is 9.84 Å². The fourth-order valence-corrected chi connectivity index (χ4v) is 2.55. The second-order valence-electron chi connectivity index (χ2n) is 4.50. The van der Waals surface area contributed by atoms with Crippen LogP contribution in [0.25, 0.3) is 12.2 Å². The molecule has 2 rings (SSSR count). The molecule has 2 N–H and O–H groups in total. The Balaban J connectivity index is 2.13. The summed E-state index contributed by atoms with van der Waals surface area (Å²) < 4.78 is 6.57. The maximum absolute atomic E-state index is 8.81. The number of benzene rings is 2. The molecule has 0 heterocycles. The lowest BCUT2D eigenvalue weighted by Gasteiger charge is -2.06. The fourth-order valence-electron chi connectivity index (χ4n) is 1.88. The third kappa shape index (κ3) is 5.06. The molecular formula is C17H18INO2. The smallest absolute Gasteiger partial charge is 0.121 e. The Morgan fingerprint density at radius 2 is 1.81 bits per heavy atom. The van der Waals surface area contributed by atoms with Gasteiger partial charge in [0, 0.05) is 16.3 Å². The van der Waals surface area contributed by atoms with Gasteiger partial charge in [-0.05, 0) is 64.0 Å². The molecule has 110 valence electrons. The van der Waals surface area contributed by atoms with Crippen LogP contribution in [0.3, 0.4) is 0 Å². The molecule has 0 atom stereocenters. The monoisotopic (exact) mass is 395 g/mol. The van der Waals surface area contributed by atoms with Crippen LogP contribution in [0, 0.1) is 3.57 Å². The van der Waals surface area contributed by atoms with E-state index < -0.39 is 0 Å². The number of aliphatic hydroxyl groups excluding tert-OH is 1. The highest BCUT2D eigenvalue weighted by molar-refractivity contribution is 14.1. The summed E-state index contributed by atoms with van der Waals surface area (Å²) in [6.07, 6.45) is 4.13. The number of rotatable bonds is 6. The summed E-state index contributed by atoms with van der Waals surface area (Å²) in [7, 11) is 1.91. The highest BCUT2D eigenvalue weighted by Crippen LogP contribution is 2.21. The van der Waals surface area contributed by atoms with Crippen molar-refractivity contribution in [3.05, 3.63) is 57.2 Å². The van der Waals surface area contributed by atoms with Crippen molar-refractivity contribution in [2.75, 3.05) is 25.6 Å². The van der Waals surface area contributed by atoms with E-state index in [1.54, 1.807) is 0 Å². The van der Waals surface area contributed by atoms with Gasteiger partial charge in [0.1, 0.15) is 12.4 Å². The van der Waals surface area contributed by atoms with Crippen LogP contribution < -0.4 is 10.1 Å². The minimum Gasteiger partial charge on any atom is -0.491 e. The molecule has 0 bridgehead atoms. The second-order valence-corrected chi connectivity index (χ2v) is 5.74. The van der Waals surface area contributed by atoms with E-state index in [2.05, 4.69) is 58.3 Å². The van der Waals surface area contributed by atoms with Crippen molar-refractivity contribution in [2.24, 2.45) is 0 Å². The summed E-state index contributed by atoms with van der Waals surface area (Å²) >= 11 is 2.26. The standard InChI is InChI=1S/C17H18INO2/c1-19-16-6-4-13(5-7-16)2-3-14-10-15(18)12-17(11-14)21-9-8-20/h2-7,10-12,19-20H,8-9H2,1H3. The average Bonchev–Trinajstić information content (AvgIpc) is 2.51. The van der Waals surface area contributed by atoms with Gasteiger partial charge in [-0.2, -0.15) is 0 Å². The average molecular weight is 395 g/mol. The molecule has 3 nitrogen and oxygen atoms in total. The van der Waals surface area contributed by atoms with Gasteiger partial charge in [0.25, 0.3) is 0 Å². The summed E-state index contributed by atoms with van der Waals surface area (Å²) in [6, 6.07) is 14.2. The van der Waals surface area contributed by atoms with Gasteiger partial charge >= 0.3 is 0 Å². The SMILES string of the molecule is CNc1ccc(C=Cc2cc(I)cc(OCCO)c2)cc1. The fraction of sp³-hybridized carbons (Fsp3) is 0.176. The van der Waals surface area contributed by atoms with Gasteiger partial charge in [-0.15, -0.1) is 0 Å². The number of anilines is 1.